The first-order valence-electron chi connectivity index (χ1n) is 9.58. The van der Waals surface area contributed by atoms with Crippen molar-refractivity contribution in [1.29, 1.82) is 0 Å². The molecule has 1 aliphatic heterocycles. The number of esters is 1. The molecule has 1 aliphatic rings. The van der Waals surface area contributed by atoms with Gasteiger partial charge in [0.1, 0.15) is 0 Å². The third-order valence-electron chi connectivity index (χ3n) is 4.43. The van der Waals surface area contributed by atoms with Gasteiger partial charge >= 0.3 is 5.97 Å². The smallest absolute Gasteiger partial charge is 0.332 e. The second kappa shape index (κ2) is 9.41. The number of benzene rings is 2. The van der Waals surface area contributed by atoms with Crippen molar-refractivity contribution in [1.82, 2.24) is 4.98 Å². The number of carbonyl (C=O) groups is 2. The number of anilines is 2. The summed E-state index contributed by atoms with van der Waals surface area (Å²) in [5.41, 5.74) is 4.32. The number of carbonyl (C=O) groups excluding carboxylic acids is 2. The summed E-state index contributed by atoms with van der Waals surface area (Å²) in [6.45, 7) is 1.90. The van der Waals surface area contributed by atoms with Crippen LogP contribution in [0.1, 0.15) is 6.92 Å². The van der Waals surface area contributed by atoms with Crippen LogP contribution in [-0.2, 0) is 14.3 Å². The van der Waals surface area contributed by atoms with Gasteiger partial charge in [0.05, 0.1) is 28.4 Å². The Kier molecular flexibility index (Phi) is 6.42. The van der Waals surface area contributed by atoms with Crippen LogP contribution in [0.15, 0.2) is 79.9 Å². The predicted octanol–water partition coefficient (Wildman–Crippen LogP) is 4.20. The number of hydrazone groups is 1. The van der Waals surface area contributed by atoms with Crippen LogP contribution in [0.3, 0.4) is 0 Å². The van der Waals surface area contributed by atoms with Gasteiger partial charge in [0.25, 0.3) is 11.5 Å². The quantitative estimate of drug-likeness (QED) is 0.301. The molecule has 0 aliphatic carbocycles. The van der Waals surface area contributed by atoms with Crippen molar-refractivity contribution in [3.63, 3.8) is 0 Å². The summed E-state index contributed by atoms with van der Waals surface area (Å²) in [5.74, 6) is -0.996. The number of amides is 1. The first-order chi connectivity index (χ1) is 15.5. The van der Waals surface area contributed by atoms with Crippen LogP contribution in [-0.4, -0.2) is 28.6 Å². The number of hydrogen-bond donors (Lipinski definition) is 2. The van der Waals surface area contributed by atoms with E-state index in [4.69, 9.17) is 4.74 Å². The Hall–Kier alpha value is -3.37. The van der Waals surface area contributed by atoms with E-state index in [1.165, 1.54) is 11.0 Å². The van der Waals surface area contributed by atoms with Crippen molar-refractivity contribution in [3.05, 3.63) is 80.4 Å². The van der Waals surface area contributed by atoms with Crippen LogP contribution in [0.25, 0.3) is 10.9 Å². The fourth-order valence-electron chi connectivity index (χ4n) is 3.07. The molecule has 4 rings (SSSR count). The number of nitrogens with one attached hydrogen (secondary N) is 2. The third-order valence-corrected chi connectivity index (χ3v) is 5.90. The highest BCUT2D eigenvalue weighted by atomic mass is 79.9. The number of rotatable bonds is 5. The summed E-state index contributed by atoms with van der Waals surface area (Å²) in [6.07, 6.45) is 1.16. The number of halogens is 1. The van der Waals surface area contributed by atoms with Crippen molar-refractivity contribution >= 4 is 67.0 Å². The van der Waals surface area contributed by atoms with E-state index in [1.54, 1.807) is 37.3 Å². The molecule has 0 spiro atoms. The van der Waals surface area contributed by atoms with Gasteiger partial charge in [-0.05, 0) is 49.0 Å². The number of pyridine rings is 1. The van der Waals surface area contributed by atoms with Gasteiger partial charge in [-0.15, -0.1) is 5.10 Å². The Morgan fingerprint density at radius 2 is 2.00 bits per heavy atom. The second-order valence-electron chi connectivity index (χ2n) is 6.58. The molecule has 1 amide bonds. The van der Waals surface area contributed by atoms with Crippen LogP contribution in [0.4, 0.5) is 11.4 Å². The Bertz CT molecular complexity index is 1320. The molecule has 3 aromatic rings. The SMILES string of the molecule is CCOC(=O)/C=C1\S/C(=N\Nc2cc(=O)[nH]c3ccc(Br)cc23)N(c2ccccc2)C1=O. The Balaban J connectivity index is 1.74. The zero-order chi connectivity index (χ0) is 22.7. The molecule has 1 saturated heterocycles. The number of H-pyrrole nitrogens is 1. The van der Waals surface area contributed by atoms with Gasteiger partial charge in [-0.1, -0.05) is 34.1 Å². The molecule has 162 valence electrons. The monoisotopic (exact) mass is 512 g/mol. The molecule has 0 saturated carbocycles. The summed E-state index contributed by atoms with van der Waals surface area (Å²) in [5, 5.41) is 5.45. The van der Waals surface area contributed by atoms with Crippen molar-refractivity contribution in [2.24, 2.45) is 5.10 Å². The maximum Gasteiger partial charge on any atom is 0.332 e. The standard InChI is InChI=1S/C22H17BrN4O4S/c1-2-31-20(29)12-18-21(30)27(14-6-4-3-5-7-14)22(32-18)26-25-17-11-19(28)24-16-9-8-13(23)10-15(16)17/h3-12H,2H2,1H3,(H2,24,25,28)/b18-12-,26-22-. The van der Waals surface area contributed by atoms with E-state index >= 15 is 0 Å². The number of para-hydroxylation sites is 1. The van der Waals surface area contributed by atoms with E-state index in [2.05, 4.69) is 31.4 Å². The van der Waals surface area contributed by atoms with E-state index in [0.717, 1.165) is 27.7 Å². The lowest BCUT2D eigenvalue weighted by molar-refractivity contribution is -0.137. The summed E-state index contributed by atoms with van der Waals surface area (Å²) in [7, 11) is 0. The highest BCUT2D eigenvalue weighted by Crippen LogP contribution is 2.35. The Morgan fingerprint density at radius 3 is 2.75 bits per heavy atom. The van der Waals surface area contributed by atoms with Crippen LogP contribution in [0.5, 0.6) is 0 Å². The van der Waals surface area contributed by atoms with Gasteiger partial charge in [-0.2, -0.15) is 0 Å². The van der Waals surface area contributed by atoms with Gasteiger partial charge < -0.3 is 9.72 Å². The number of hydrogen-bond acceptors (Lipinski definition) is 7. The maximum atomic E-state index is 13.0. The van der Waals surface area contributed by atoms with Crippen molar-refractivity contribution in [2.75, 3.05) is 16.9 Å². The van der Waals surface area contributed by atoms with Crippen molar-refractivity contribution in [2.45, 2.75) is 6.92 Å². The highest BCUT2D eigenvalue weighted by molar-refractivity contribution is 9.10. The van der Waals surface area contributed by atoms with E-state index in [1.807, 2.05) is 18.2 Å². The van der Waals surface area contributed by atoms with Crippen LogP contribution in [0, 0.1) is 0 Å². The number of ether oxygens (including phenoxy) is 1. The maximum absolute atomic E-state index is 13.0. The number of aromatic nitrogens is 1. The fourth-order valence-corrected chi connectivity index (χ4v) is 4.33. The summed E-state index contributed by atoms with van der Waals surface area (Å²) >= 11 is 4.47. The highest BCUT2D eigenvalue weighted by Gasteiger charge is 2.35. The van der Waals surface area contributed by atoms with Gasteiger partial charge in [-0.3, -0.25) is 19.9 Å². The summed E-state index contributed by atoms with van der Waals surface area (Å²) in [4.78, 5) is 41.4. The molecule has 0 radical (unpaired) electrons. The minimum absolute atomic E-state index is 0.186. The van der Waals surface area contributed by atoms with Crippen molar-refractivity contribution < 1.29 is 14.3 Å². The number of nitrogens with zero attached hydrogens (tertiary/aromatic N) is 2. The lowest BCUT2D eigenvalue weighted by Gasteiger charge is -2.15. The zero-order valence-corrected chi connectivity index (χ0v) is 19.2. The van der Waals surface area contributed by atoms with E-state index < -0.39 is 11.9 Å². The molecule has 0 unspecified atom stereocenters. The summed E-state index contributed by atoms with van der Waals surface area (Å²) < 4.78 is 5.77. The Labute approximate surface area is 195 Å². The Morgan fingerprint density at radius 1 is 1.22 bits per heavy atom. The van der Waals surface area contributed by atoms with E-state index in [9.17, 15) is 14.4 Å². The number of thioether (sulfide) groups is 1. The molecule has 10 heteroatoms. The molecule has 2 N–H and O–H groups in total. The van der Waals surface area contributed by atoms with E-state index in [-0.39, 0.29) is 17.1 Å². The van der Waals surface area contributed by atoms with Gasteiger partial charge in [0, 0.05) is 22.0 Å². The van der Waals surface area contributed by atoms with Gasteiger partial charge in [0.2, 0.25) is 0 Å². The summed E-state index contributed by atoms with van der Waals surface area (Å²) in [6, 6.07) is 15.8. The topological polar surface area (TPSA) is 104 Å². The average molecular weight is 513 g/mol. The van der Waals surface area contributed by atoms with Gasteiger partial charge in [-0.25, -0.2) is 4.79 Å². The molecular weight excluding hydrogens is 496 g/mol. The molecule has 0 bridgehead atoms. The zero-order valence-electron chi connectivity index (χ0n) is 16.8. The molecular formula is C22H17BrN4O4S. The first-order valence-corrected chi connectivity index (χ1v) is 11.2. The van der Waals surface area contributed by atoms with Crippen LogP contribution < -0.4 is 15.9 Å². The molecule has 1 aromatic heterocycles. The molecule has 2 aromatic carbocycles. The fraction of sp³-hybridized carbons (Fsp3) is 0.0909. The molecule has 0 atom stereocenters. The van der Waals surface area contributed by atoms with Crippen molar-refractivity contribution in [3.8, 4) is 0 Å². The largest absolute Gasteiger partial charge is 0.463 e. The predicted molar refractivity (Wildman–Crippen MR) is 130 cm³/mol. The lowest BCUT2D eigenvalue weighted by Crippen LogP contribution is -2.29. The second-order valence-corrected chi connectivity index (χ2v) is 8.51. The molecule has 2 heterocycles. The molecule has 32 heavy (non-hydrogen) atoms. The first kappa shape index (κ1) is 21.8. The number of amidine groups is 1. The number of fused-ring (bicyclic) bond motifs is 1. The normalized spacial score (nSPS) is 16.2. The minimum Gasteiger partial charge on any atom is -0.463 e. The van der Waals surface area contributed by atoms with Crippen LogP contribution >= 0.6 is 27.7 Å². The molecule has 8 nitrogen and oxygen atoms in total. The third kappa shape index (κ3) is 4.61. The lowest BCUT2D eigenvalue weighted by atomic mass is 10.2. The van der Waals surface area contributed by atoms with Crippen LogP contribution in [0.2, 0.25) is 0 Å². The molecule has 1 fully saturated rings. The minimum atomic E-state index is -0.601. The number of aromatic amines is 1. The average Bonchev–Trinajstić information content (AvgIpc) is 3.08. The van der Waals surface area contributed by atoms with E-state index in [0.29, 0.717) is 22.1 Å². The van der Waals surface area contributed by atoms with Gasteiger partial charge in [0.15, 0.2) is 5.17 Å².